The summed E-state index contributed by atoms with van der Waals surface area (Å²) in [5.74, 6) is 1.34. The number of hydrogen-bond acceptors (Lipinski definition) is 6. The predicted molar refractivity (Wildman–Crippen MR) is 111 cm³/mol. The average Bonchev–Trinajstić information content (AvgIpc) is 3.14. The normalized spacial score (nSPS) is 15.4. The summed E-state index contributed by atoms with van der Waals surface area (Å²) in [5.41, 5.74) is 1.90. The molecule has 6 nitrogen and oxygen atoms in total. The Hall–Kier alpha value is -2.25. The minimum atomic E-state index is -0.0869. The van der Waals surface area contributed by atoms with Gasteiger partial charge in [-0.2, -0.15) is 9.61 Å². The van der Waals surface area contributed by atoms with Crippen LogP contribution in [-0.2, 0) is 13.1 Å². The number of rotatable bonds is 6. The first-order valence-electron chi connectivity index (χ1n) is 9.83. The Bertz CT molecular complexity index is 990. The number of nitrogens with zero attached hydrogens (tertiary/aromatic N) is 4. The number of fused-ring (bicyclic) bond motifs is 1. The second kappa shape index (κ2) is 8.41. The van der Waals surface area contributed by atoms with Crippen molar-refractivity contribution in [1.82, 2.24) is 19.5 Å². The summed E-state index contributed by atoms with van der Waals surface area (Å²) in [6, 6.07) is 9.65. The van der Waals surface area contributed by atoms with E-state index in [0.717, 1.165) is 23.0 Å². The van der Waals surface area contributed by atoms with Crippen LogP contribution in [0, 0.1) is 0 Å². The molecule has 1 aliphatic rings. The van der Waals surface area contributed by atoms with Crippen LogP contribution >= 0.6 is 11.3 Å². The minimum absolute atomic E-state index is 0.0869. The molecular formula is C21H26N4O2S. The molecule has 0 aliphatic heterocycles. The predicted octanol–water partition coefficient (Wildman–Crippen LogP) is 3.84. The molecule has 0 bridgehead atoms. The van der Waals surface area contributed by atoms with Gasteiger partial charge in [0.1, 0.15) is 10.8 Å². The third-order valence-corrected chi connectivity index (χ3v) is 6.38. The topological polar surface area (TPSA) is 59.7 Å². The van der Waals surface area contributed by atoms with Crippen molar-refractivity contribution in [2.75, 3.05) is 14.2 Å². The molecule has 1 aromatic carbocycles. The smallest absolute Gasteiger partial charge is 0.275 e. The van der Waals surface area contributed by atoms with Crippen LogP contribution in [0.25, 0.3) is 4.96 Å². The Morgan fingerprint density at radius 2 is 1.93 bits per heavy atom. The number of methoxy groups -OCH3 is 1. The molecule has 2 aromatic heterocycles. The summed E-state index contributed by atoms with van der Waals surface area (Å²) in [4.78, 5) is 20.1. The molecular weight excluding hydrogens is 372 g/mol. The van der Waals surface area contributed by atoms with Crippen LogP contribution in [0.4, 0.5) is 0 Å². The van der Waals surface area contributed by atoms with E-state index < -0.39 is 0 Å². The summed E-state index contributed by atoms with van der Waals surface area (Å²) in [5, 5.41) is 5.64. The molecule has 1 saturated carbocycles. The van der Waals surface area contributed by atoms with Gasteiger partial charge in [0, 0.05) is 25.1 Å². The molecule has 0 N–H and O–H groups in total. The molecule has 4 rings (SSSR count). The minimum Gasteiger partial charge on any atom is -0.497 e. The van der Waals surface area contributed by atoms with Gasteiger partial charge in [0.25, 0.3) is 5.56 Å². The Labute approximate surface area is 168 Å². The van der Waals surface area contributed by atoms with E-state index in [9.17, 15) is 4.79 Å². The quantitative estimate of drug-likeness (QED) is 0.631. The standard InChI is InChI=1S/C21H26N4O2S/c1-24(13-15-8-10-18(27-2)11-9-15)14-17-12-19(26)25-21(22-17)28-20(23-25)16-6-4-3-5-7-16/h8-12,16H,3-7,13-14H2,1-2H3. The Morgan fingerprint density at radius 1 is 1.18 bits per heavy atom. The Balaban J connectivity index is 1.49. The van der Waals surface area contributed by atoms with Gasteiger partial charge in [0.2, 0.25) is 4.96 Å². The molecule has 0 saturated heterocycles. The molecule has 0 radical (unpaired) electrons. The molecule has 0 atom stereocenters. The van der Waals surface area contributed by atoms with Crippen molar-refractivity contribution in [1.29, 1.82) is 0 Å². The summed E-state index contributed by atoms with van der Waals surface area (Å²) >= 11 is 1.58. The van der Waals surface area contributed by atoms with Crippen LogP contribution in [0.3, 0.4) is 0 Å². The average molecular weight is 399 g/mol. The maximum absolute atomic E-state index is 12.5. The van der Waals surface area contributed by atoms with Crippen molar-refractivity contribution in [3.8, 4) is 5.75 Å². The molecule has 0 unspecified atom stereocenters. The summed E-state index contributed by atoms with van der Waals surface area (Å²) in [6.45, 7) is 1.40. The highest BCUT2D eigenvalue weighted by Gasteiger charge is 2.20. The van der Waals surface area contributed by atoms with Crippen molar-refractivity contribution in [2.45, 2.75) is 51.1 Å². The van der Waals surface area contributed by atoms with E-state index in [-0.39, 0.29) is 5.56 Å². The SMILES string of the molecule is COc1ccc(CN(C)Cc2cc(=O)n3nc(C4CCCCC4)sc3n2)cc1. The van der Waals surface area contributed by atoms with E-state index in [2.05, 4.69) is 22.1 Å². The van der Waals surface area contributed by atoms with Crippen LogP contribution in [0.2, 0.25) is 0 Å². The van der Waals surface area contributed by atoms with E-state index >= 15 is 0 Å². The highest BCUT2D eigenvalue weighted by atomic mass is 32.1. The third kappa shape index (κ3) is 4.25. The first kappa shape index (κ1) is 19.1. The second-order valence-corrected chi connectivity index (χ2v) is 8.56. The summed E-state index contributed by atoms with van der Waals surface area (Å²) in [6.07, 6.45) is 6.16. The van der Waals surface area contributed by atoms with Gasteiger partial charge in [-0.3, -0.25) is 9.69 Å². The van der Waals surface area contributed by atoms with Gasteiger partial charge in [0.05, 0.1) is 12.8 Å². The van der Waals surface area contributed by atoms with Gasteiger partial charge in [0.15, 0.2) is 0 Å². The highest BCUT2D eigenvalue weighted by molar-refractivity contribution is 7.16. The number of hydrogen-bond donors (Lipinski definition) is 0. The molecule has 0 amide bonds. The molecule has 148 valence electrons. The van der Waals surface area contributed by atoms with Crippen LogP contribution in [-0.4, -0.2) is 33.7 Å². The zero-order chi connectivity index (χ0) is 19.5. The third-order valence-electron chi connectivity index (χ3n) is 5.31. The largest absolute Gasteiger partial charge is 0.497 e. The van der Waals surface area contributed by atoms with Crippen LogP contribution in [0.15, 0.2) is 35.1 Å². The lowest BCUT2D eigenvalue weighted by Crippen LogP contribution is -2.21. The fourth-order valence-electron chi connectivity index (χ4n) is 3.84. The van der Waals surface area contributed by atoms with E-state index in [1.165, 1.54) is 42.2 Å². The van der Waals surface area contributed by atoms with E-state index in [4.69, 9.17) is 9.72 Å². The maximum Gasteiger partial charge on any atom is 0.275 e. The summed E-state index contributed by atoms with van der Waals surface area (Å²) < 4.78 is 6.68. The van der Waals surface area contributed by atoms with Gasteiger partial charge < -0.3 is 4.74 Å². The number of aromatic nitrogens is 3. The van der Waals surface area contributed by atoms with Crippen LogP contribution < -0.4 is 10.3 Å². The van der Waals surface area contributed by atoms with Gasteiger partial charge in [-0.05, 0) is 37.6 Å². The van der Waals surface area contributed by atoms with Crippen molar-refractivity contribution in [3.63, 3.8) is 0 Å². The van der Waals surface area contributed by atoms with Crippen molar-refractivity contribution < 1.29 is 4.74 Å². The van der Waals surface area contributed by atoms with E-state index in [0.29, 0.717) is 17.4 Å². The Kier molecular flexibility index (Phi) is 5.73. The van der Waals surface area contributed by atoms with Crippen LogP contribution in [0.1, 0.15) is 54.3 Å². The lowest BCUT2D eigenvalue weighted by Gasteiger charge is -2.18. The molecule has 2 heterocycles. The fourth-order valence-corrected chi connectivity index (χ4v) is 4.93. The van der Waals surface area contributed by atoms with Gasteiger partial charge in [-0.25, -0.2) is 4.98 Å². The molecule has 7 heteroatoms. The van der Waals surface area contributed by atoms with Crippen molar-refractivity contribution in [2.24, 2.45) is 0 Å². The molecule has 1 fully saturated rings. The van der Waals surface area contributed by atoms with E-state index in [1.807, 2.05) is 19.2 Å². The Morgan fingerprint density at radius 3 is 2.64 bits per heavy atom. The zero-order valence-electron chi connectivity index (χ0n) is 16.4. The highest BCUT2D eigenvalue weighted by Crippen LogP contribution is 2.34. The second-order valence-electron chi connectivity index (χ2n) is 7.58. The number of ether oxygens (including phenoxy) is 1. The first-order valence-corrected chi connectivity index (χ1v) is 10.6. The van der Waals surface area contributed by atoms with Gasteiger partial charge in [-0.1, -0.05) is 42.7 Å². The van der Waals surface area contributed by atoms with Gasteiger partial charge >= 0.3 is 0 Å². The lowest BCUT2D eigenvalue weighted by atomic mass is 9.90. The lowest BCUT2D eigenvalue weighted by molar-refractivity contribution is 0.315. The first-order chi connectivity index (χ1) is 13.6. The van der Waals surface area contributed by atoms with Crippen molar-refractivity contribution in [3.05, 3.63) is 57.0 Å². The molecule has 3 aromatic rings. The monoisotopic (exact) mass is 398 g/mol. The molecule has 0 spiro atoms. The van der Waals surface area contributed by atoms with Crippen LogP contribution in [0.5, 0.6) is 5.75 Å². The molecule has 1 aliphatic carbocycles. The molecule has 28 heavy (non-hydrogen) atoms. The maximum atomic E-state index is 12.5. The zero-order valence-corrected chi connectivity index (χ0v) is 17.2. The van der Waals surface area contributed by atoms with Crippen molar-refractivity contribution >= 4 is 16.3 Å². The summed E-state index contributed by atoms with van der Waals surface area (Å²) in [7, 11) is 3.70. The van der Waals surface area contributed by atoms with Gasteiger partial charge in [-0.15, -0.1) is 0 Å². The number of benzene rings is 1. The van der Waals surface area contributed by atoms with E-state index in [1.54, 1.807) is 24.5 Å². The fraction of sp³-hybridized carbons (Fsp3) is 0.476.